The lowest BCUT2D eigenvalue weighted by Gasteiger charge is -2.35. The first-order valence-electron chi connectivity index (χ1n) is 16.6. The summed E-state index contributed by atoms with van der Waals surface area (Å²) >= 11 is 19.5. The Kier molecular flexibility index (Phi) is 13.1. The zero-order valence-corrected chi connectivity index (χ0v) is 31.4. The molecule has 0 radical (unpaired) electrons. The lowest BCUT2D eigenvalue weighted by atomic mass is 9.94. The van der Waals surface area contributed by atoms with Crippen molar-refractivity contribution in [3.63, 3.8) is 0 Å². The maximum absolute atomic E-state index is 14.8. The number of anilines is 1. The van der Waals surface area contributed by atoms with Crippen molar-refractivity contribution < 1.29 is 27.5 Å². The second-order valence-electron chi connectivity index (χ2n) is 12.3. The molecule has 1 fully saturated rings. The van der Waals surface area contributed by atoms with Gasteiger partial charge in [-0.1, -0.05) is 90.5 Å². The molecule has 5 rings (SSSR count). The van der Waals surface area contributed by atoms with Crippen LogP contribution in [0.3, 0.4) is 0 Å². The molecule has 13 heteroatoms. The van der Waals surface area contributed by atoms with Gasteiger partial charge in [0.2, 0.25) is 11.8 Å². The lowest BCUT2D eigenvalue weighted by Crippen LogP contribution is -2.55. The average Bonchev–Trinajstić information content (AvgIpc) is 3.13. The minimum Gasteiger partial charge on any atom is -0.493 e. The number of halogens is 3. The number of methoxy groups -OCH3 is 2. The molecule has 0 unspecified atom stereocenters. The Hall–Kier alpha value is -3.96. The highest BCUT2D eigenvalue weighted by atomic mass is 35.5. The van der Waals surface area contributed by atoms with Gasteiger partial charge in [-0.15, -0.1) is 0 Å². The fourth-order valence-corrected chi connectivity index (χ4v) is 8.27. The van der Waals surface area contributed by atoms with Gasteiger partial charge in [-0.05, 0) is 66.9 Å². The number of sulfonamides is 1. The number of benzene rings is 4. The van der Waals surface area contributed by atoms with Gasteiger partial charge in [0.1, 0.15) is 12.6 Å². The van der Waals surface area contributed by atoms with E-state index in [0.29, 0.717) is 26.4 Å². The molecule has 2 amide bonds. The highest BCUT2D eigenvalue weighted by Crippen LogP contribution is 2.33. The summed E-state index contributed by atoms with van der Waals surface area (Å²) in [5.74, 6) is -0.466. The average molecular weight is 773 g/mol. The van der Waals surface area contributed by atoms with E-state index in [9.17, 15) is 18.0 Å². The van der Waals surface area contributed by atoms with Crippen LogP contribution in [-0.4, -0.2) is 58.0 Å². The minimum absolute atomic E-state index is 0.0404. The Morgan fingerprint density at radius 3 is 2.10 bits per heavy atom. The van der Waals surface area contributed by atoms with Gasteiger partial charge in [-0.2, -0.15) is 0 Å². The molecule has 0 bridgehead atoms. The first-order chi connectivity index (χ1) is 24.5. The van der Waals surface area contributed by atoms with E-state index in [-0.39, 0.29) is 41.2 Å². The summed E-state index contributed by atoms with van der Waals surface area (Å²) in [4.78, 5) is 30.4. The molecule has 4 aromatic carbocycles. The molecule has 1 aliphatic rings. The Balaban J connectivity index is 1.60. The van der Waals surface area contributed by atoms with Gasteiger partial charge < -0.3 is 19.7 Å². The summed E-state index contributed by atoms with van der Waals surface area (Å²) in [5.41, 5.74) is 1.43. The molecule has 1 atom stereocenters. The number of nitrogens with one attached hydrogen (secondary N) is 1. The molecular formula is C38H40Cl3N3O6S. The predicted molar refractivity (Wildman–Crippen MR) is 201 cm³/mol. The number of nitrogens with zero attached hydrogens (tertiary/aromatic N) is 2. The molecule has 0 aromatic heterocycles. The Labute approximate surface area is 314 Å². The SMILES string of the molecule is COc1ccc(S(=O)(=O)N(CC(=O)N(Cc2c(Cl)cccc2Cl)[C@@H](Cc2ccccc2)C(=O)NC2CCCCC2)c2ccc(Cl)cc2)cc1OC. The third-order valence-electron chi connectivity index (χ3n) is 8.95. The highest BCUT2D eigenvalue weighted by Gasteiger charge is 2.36. The second kappa shape index (κ2) is 17.5. The smallest absolute Gasteiger partial charge is 0.264 e. The topological polar surface area (TPSA) is 105 Å². The maximum atomic E-state index is 14.8. The first kappa shape index (κ1) is 38.3. The van der Waals surface area contributed by atoms with Gasteiger partial charge >= 0.3 is 0 Å². The van der Waals surface area contributed by atoms with E-state index in [1.54, 1.807) is 18.2 Å². The molecule has 0 aliphatic heterocycles. The van der Waals surface area contributed by atoms with Crippen LogP contribution in [0.1, 0.15) is 43.2 Å². The summed E-state index contributed by atoms with van der Waals surface area (Å²) in [6, 6.07) is 23.6. The van der Waals surface area contributed by atoms with Crippen molar-refractivity contribution in [1.29, 1.82) is 0 Å². The molecule has 0 heterocycles. The van der Waals surface area contributed by atoms with Crippen LogP contribution in [0, 0.1) is 0 Å². The van der Waals surface area contributed by atoms with E-state index in [4.69, 9.17) is 44.3 Å². The molecule has 51 heavy (non-hydrogen) atoms. The number of hydrogen-bond donors (Lipinski definition) is 1. The van der Waals surface area contributed by atoms with Crippen LogP contribution >= 0.6 is 34.8 Å². The zero-order chi connectivity index (χ0) is 36.5. The van der Waals surface area contributed by atoms with Crippen molar-refractivity contribution in [1.82, 2.24) is 10.2 Å². The summed E-state index contributed by atoms with van der Waals surface area (Å²) in [7, 11) is -1.57. The fraction of sp³-hybridized carbons (Fsp3) is 0.316. The molecule has 1 aliphatic carbocycles. The molecule has 270 valence electrons. The van der Waals surface area contributed by atoms with Gasteiger partial charge in [-0.25, -0.2) is 8.42 Å². The summed E-state index contributed by atoms with van der Waals surface area (Å²) in [5, 5.41) is 4.18. The second-order valence-corrected chi connectivity index (χ2v) is 15.4. The Morgan fingerprint density at radius 2 is 1.47 bits per heavy atom. The van der Waals surface area contributed by atoms with Gasteiger partial charge in [0, 0.05) is 45.7 Å². The summed E-state index contributed by atoms with van der Waals surface area (Å²) in [6.07, 6.45) is 4.93. The van der Waals surface area contributed by atoms with E-state index in [0.717, 1.165) is 42.0 Å². The normalized spacial score (nSPS) is 14.0. The van der Waals surface area contributed by atoms with E-state index in [1.807, 2.05) is 30.3 Å². The van der Waals surface area contributed by atoms with E-state index in [2.05, 4.69) is 5.32 Å². The monoisotopic (exact) mass is 771 g/mol. The van der Waals surface area contributed by atoms with E-state index >= 15 is 0 Å². The molecule has 1 saturated carbocycles. The third-order valence-corrected chi connectivity index (χ3v) is 11.7. The van der Waals surface area contributed by atoms with Crippen molar-refractivity contribution in [3.05, 3.63) is 117 Å². The lowest BCUT2D eigenvalue weighted by molar-refractivity contribution is -0.140. The van der Waals surface area contributed by atoms with Crippen molar-refractivity contribution in [2.75, 3.05) is 25.1 Å². The van der Waals surface area contributed by atoms with Crippen molar-refractivity contribution in [2.45, 2.75) is 62.0 Å². The minimum atomic E-state index is -4.42. The van der Waals surface area contributed by atoms with Gasteiger partial charge in [0.15, 0.2) is 11.5 Å². The fourth-order valence-electron chi connectivity index (χ4n) is 6.19. The number of carbonyl (C=O) groups is 2. The van der Waals surface area contributed by atoms with Gasteiger partial charge in [0.25, 0.3) is 10.0 Å². The summed E-state index contributed by atoms with van der Waals surface area (Å²) < 4.78 is 40.6. The molecule has 4 aromatic rings. The number of amides is 2. The van der Waals surface area contributed by atoms with Gasteiger partial charge in [0.05, 0.1) is 24.8 Å². The van der Waals surface area contributed by atoms with Crippen LogP contribution in [0.15, 0.2) is 95.9 Å². The Bertz CT molecular complexity index is 1900. The highest BCUT2D eigenvalue weighted by molar-refractivity contribution is 7.92. The van der Waals surface area contributed by atoms with Crippen molar-refractivity contribution >= 4 is 62.3 Å². The number of carbonyl (C=O) groups excluding carboxylic acids is 2. The molecule has 0 spiro atoms. The predicted octanol–water partition coefficient (Wildman–Crippen LogP) is 7.95. The van der Waals surface area contributed by atoms with Crippen LogP contribution in [0.2, 0.25) is 15.1 Å². The van der Waals surface area contributed by atoms with Crippen molar-refractivity contribution in [3.8, 4) is 11.5 Å². The van der Waals surface area contributed by atoms with Gasteiger partial charge in [-0.3, -0.25) is 13.9 Å². The molecule has 9 nitrogen and oxygen atoms in total. The summed E-state index contributed by atoms with van der Waals surface area (Å²) in [6.45, 7) is -0.819. The van der Waals surface area contributed by atoms with Crippen LogP contribution in [0.5, 0.6) is 11.5 Å². The number of rotatable bonds is 14. The van der Waals surface area contributed by atoms with E-state index < -0.39 is 28.5 Å². The molecular weight excluding hydrogens is 733 g/mol. The molecule has 0 saturated heterocycles. The number of hydrogen-bond acceptors (Lipinski definition) is 6. The van der Waals surface area contributed by atoms with E-state index in [1.165, 1.54) is 61.6 Å². The Morgan fingerprint density at radius 1 is 0.824 bits per heavy atom. The maximum Gasteiger partial charge on any atom is 0.264 e. The molecule has 1 N–H and O–H groups in total. The van der Waals surface area contributed by atoms with Crippen molar-refractivity contribution in [2.24, 2.45) is 0 Å². The standard InChI is InChI=1S/C38H40Cl3N3O6S/c1-49-35-21-20-30(23-36(35)50-2)51(47,48)44(29-18-16-27(39)17-19-29)25-37(45)43(24-31-32(40)14-9-15-33(31)41)34(22-26-10-5-3-6-11-26)38(46)42-28-12-7-4-8-13-28/h3,5-6,9-11,14-21,23,28,34H,4,7-8,12-13,22,24-25H2,1-2H3,(H,42,46)/t34-/m0/s1. The third kappa shape index (κ3) is 9.48. The largest absolute Gasteiger partial charge is 0.493 e. The van der Waals surface area contributed by atoms with Crippen LogP contribution in [0.25, 0.3) is 0 Å². The first-order valence-corrected chi connectivity index (χ1v) is 19.2. The van der Waals surface area contributed by atoms with Crippen LogP contribution < -0.4 is 19.1 Å². The van der Waals surface area contributed by atoms with Crippen LogP contribution in [-0.2, 0) is 32.6 Å². The van der Waals surface area contributed by atoms with Crippen LogP contribution in [0.4, 0.5) is 5.69 Å². The quantitative estimate of drug-likeness (QED) is 0.140. The number of ether oxygens (including phenoxy) is 2. The zero-order valence-electron chi connectivity index (χ0n) is 28.4.